The first kappa shape index (κ1) is 35.7. The zero-order valence-electron chi connectivity index (χ0n) is 28.8. The summed E-state index contributed by atoms with van der Waals surface area (Å²) in [6.07, 6.45) is -3.06. The van der Waals surface area contributed by atoms with E-state index in [9.17, 15) is 45.6 Å². The summed E-state index contributed by atoms with van der Waals surface area (Å²) in [4.78, 5) is 14.5. The molecule has 0 spiro atoms. The van der Waals surface area contributed by atoms with Crippen LogP contribution in [0.4, 0.5) is 0 Å². The van der Waals surface area contributed by atoms with Crippen LogP contribution in [0.3, 0.4) is 0 Å². The van der Waals surface area contributed by atoms with Gasteiger partial charge >= 0.3 is 5.97 Å². The molecule has 17 atom stereocenters. The van der Waals surface area contributed by atoms with Crippen LogP contribution in [0.2, 0.25) is 0 Å². The number of fused-ring (bicyclic) bond motifs is 7. The molecule has 0 bridgehead atoms. The fourth-order valence-corrected chi connectivity index (χ4v) is 12.3. The minimum absolute atomic E-state index is 0.0865. The normalized spacial score (nSPS) is 57.5. The van der Waals surface area contributed by atoms with E-state index in [1.807, 2.05) is 13.8 Å². The average Bonchev–Trinajstić information content (AvgIpc) is 3.01. The highest BCUT2D eigenvalue weighted by Gasteiger charge is 2.74. The maximum Gasteiger partial charge on any atom is 0.317 e. The van der Waals surface area contributed by atoms with Gasteiger partial charge in [-0.05, 0) is 92.3 Å². The first-order valence-electron chi connectivity index (χ1n) is 17.7. The van der Waals surface area contributed by atoms with Gasteiger partial charge < -0.3 is 50.3 Å². The van der Waals surface area contributed by atoms with Crippen molar-refractivity contribution in [2.75, 3.05) is 13.2 Å². The van der Waals surface area contributed by atoms with E-state index in [4.69, 9.17) is 9.47 Å². The molecule has 0 radical (unpaired) electrons. The Bertz CT molecular complexity index is 1270. The van der Waals surface area contributed by atoms with Crippen LogP contribution >= 0.6 is 0 Å². The number of rotatable bonds is 4. The molecule has 11 heteroatoms. The zero-order valence-corrected chi connectivity index (χ0v) is 28.8. The number of aliphatic hydroxyl groups is 8. The predicted octanol–water partition coefficient (Wildman–Crippen LogP) is 1.41. The summed E-state index contributed by atoms with van der Waals surface area (Å²) in [6.45, 7) is 11.7. The topological polar surface area (TPSA) is 197 Å². The van der Waals surface area contributed by atoms with Gasteiger partial charge in [0.15, 0.2) is 0 Å². The van der Waals surface area contributed by atoms with Gasteiger partial charge in [-0.15, -0.1) is 0 Å². The number of hydrogen-bond donors (Lipinski definition) is 8. The van der Waals surface area contributed by atoms with Crippen molar-refractivity contribution in [1.82, 2.24) is 0 Å². The Morgan fingerprint density at radius 1 is 0.894 bits per heavy atom. The summed E-state index contributed by atoms with van der Waals surface area (Å²) < 4.78 is 11.3. The molecule has 4 saturated carbocycles. The van der Waals surface area contributed by atoms with Crippen LogP contribution in [0.1, 0.15) is 92.9 Å². The first-order chi connectivity index (χ1) is 21.8. The van der Waals surface area contributed by atoms with E-state index in [1.165, 1.54) is 0 Å². The summed E-state index contributed by atoms with van der Waals surface area (Å²) in [5.41, 5.74) is -3.77. The number of carbonyl (C=O) groups is 1. The van der Waals surface area contributed by atoms with E-state index in [-0.39, 0.29) is 48.0 Å². The van der Waals surface area contributed by atoms with Crippen molar-refractivity contribution < 1.29 is 55.1 Å². The maximum atomic E-state index is 14.5. The standard InChI is InChI=1S/C36H58O11/c1-18-9-14-36(30(44)47-29-27(43)26(42)25(41)20(16-37)46-29)24(40)15-34(5)19(28(36)35(18,6)45)7-8-22-31(2)12-11-23(39)32(3,17-38)21(31)10-13-33(22,34)4/h7,18,20-29,37-43,45H,8-17H2,1-6H3/t18-,20-,21?,22-,23-,24-,25-,26+,27-,28-,29+,31+,32-,33-,34-,35-,36+/m1/s1. The highest BCUT2D eigenvalue weighted by molar-refractivity contribution is 5.80. The van der Waals surface area contributed by atoms with Crippen molar-refractivity contribution in [3.63, 3.8) is 0 Å². The third-order valence-corrected chi connectivity index (χ3v) is 15.7. The summed E-state index contributed by atoms with van der Waals surface area (Å²) in [5, 5.41) is 87.4. The van der Waals surface area contributed by atoms with Crippen molar-refractivity contribution in [2.24, 2.45) is 50.7 Å². The monoisotopic (exact) mass is 666 g/mol. The quantitative estimate of drug-likeness (QED) is 0.160. The Kier molecular flexibility index (Phi) is 8.68. The van der Waals surface area contributed by atoms with Gasteiger partial charge in [0.2, 0.25) is 6.29 Å². The third-order valence-electron chi connectivity index (χ3n) is 15.7. The fourth-order valence-electron chi connectivity index (χ4n) is 12.3. The Hall–Kier alpha value is -1.15. The van der Waals surface area contributed by atoms with Gasteiger partial charge in [-0.2, -0.15) is 0 Å². The summed E-state index contributed by atoms with van der Waals surface area (Å²) in [7, 11) is 0. The summed E-state index contributed by atoms with van der Waals surface area (Å²) in [5.74, 6) is -1.59. The van der Waals surface area contributed by atoms with Gasteiger partial charge in [0.25, 0.3) is 0 Å². The van der Waals surface area contributed by atoms with Crippen LogP contribution in [-0.2, 0) is 14.3 Å². The summed E-state index contributed by atoms with van der Waals surface area (Å²) >= 11 is 0. The fraction of sp³-hybridized carbons (Fsp3) is 0.917. The van der Waals surface area contributed by atoms with Crippen LogP contribution in [0.25, 0.3) is 0 Å². The van der Waals surface area contributed by atoms with Gasteiger partial charge in [0.1, 0.15) is 29.8 Å². The van der Waals surface area contributed by atoms with Crippen molar-refractivity contribution in [1.29, 1.82) is 0 Å². The van der Waals surface area contributed by atoms with Crippen molar-refractivity contribution >= 4 is 5.97 Å². The number of ether oxygens (including phenoxy) is 2. The lowest BCUT2D eigenvalue weighted by Crippen LogP contribution is -2.71. The minimum atomic E-state index is -1.79. The largest absolute Gasteiger partial charge is 0.432 e. The van der Waals surface area contributed by atoms with Crippen LogP contribution in [0.15, 0.2) is 11.6 Å². The molecule has 1 saturated heterocycles. The zero-order chi connectivity index (χ0) is 34.7. The molecule has 268 valence electrons. The molecule has 0 aromatic rings. The molecule has 47 heavy (non-hydrogen) atoms. The molecule has 8 N–H and O–H groups in total. The Balaban J connectivity index is 1.42. The molecule has 0 aromatic heterocycles. The molecule has 1 aliphatic heterocycles. The lowest BCUT2D eigenvalue weighted by molar-refractivity contribution is -0.302. The molecule has 1 unspecified atom stereocenters. The lowest BCUT2D eigenvalue weighted by Gasteiger charge is -2.72. The van der Waals surface area contributed by atoms with E-state index in [0.29, 0.717) is 19.3 Å². The number of allylic oxidation sites excluding steroid dienone is 1. The maximum absolute atomic E-state index is 14.5. The van der Waals surface area contributed by atoms with Gasteiger partial charge in [-0.25, -0.2) is 0 Å². The highest BCUT2D eigenvalue weighted by Crippen LogP contribution is 2.76. The van der Waals surface area contributed by atoms with E-state index < -0.39 is 83.3 Å². The molecule has 0 amide bonds. The van der Waals surface area contributed by atoms with Crippen LogP contribution in [0, 0.1) is 50.7 Å². The van der Waals surface area contributed by atoms with Gasteiger partial charge in [-0.3, -0.25) is 4.79 Å². The number of esters is 1. The molecule has 6 rings (SSSR count). The molecule has 5 fully saturated rings. The molecular formula is C36H58O11. The second-order valence-electron chi connectivity index (χ2n) is 17.5. The predicted molar refractivity (Wildman–Crippen MR) is 169 cm³/mol. The number of carbonyl (C=O) groups excluding carboxylic acids is 1. The second-order valence-corrected chi connectivity index (χ2v) is 17.5. The first-order valence-corrected chi connectivity index (χ1v) is 17.7. The molecule has 1 heterocycles. The van der Waals surface area contributed by atoms with E-state index in [1.54, 1.807) is 6.92 Å². The molecule has 0 aromatic carbocycles. The van der Waals surface area contributed by atoms with Crippen LogP contribution in [0.5, 0.6) is 0 Å². The van der Waals surface area contributed by atoms with Gasteiger partial charge in [0.05, 0.1) is 31.0 Å². The van der Waals surface area contributed by atoms with Gasteiger partial charge in [-0.1, -0.05) is 46.3 Å². The van der Waals surface area contributed by atoms with E-state index >= 15 is 0 Å². The smallest absolute Gasteiger partial charge is 0.317 e. The number of aliphatic hydroxyl groups excluding tert-OH is 7. The van der Waals surface area contributed by atoms with Crippen molar-refractivity contribution in [3.05, 3.63) is 11.6 Å². The summed E-state index contributed by atoms with van der Waals surface area (Å²) in [6, 6.07) is 0. The van der Waals surface area contributed by atoms with Gasteiger partial charge in [0, 0.05) is 11.3 Å². The third kappa shape index (κ3) is 4.53. The molecule has 6 aliphatic rings. The Morgan fingerprint density at radius 3 is 2.21 bits per heavy atom. The van der Waals surface area contributed by atoms with E-state index in [2.05, 4.69) is 26.8 Å². The van der Waals surface area contributed by atoms with Crippen molar-refractivity contribution in [3.8, 4) is 0 Å². The highest BCUT2D eigenvalue weighted by atomic mass is 16.7. The molecular weight excluding hydrogens is 608 g/mol. The number of hydrogen-bond acceptors (Lipinski definition) is 11. The Morgan fingerprint density at radius 2 is 1.57 bits per heavy atom. The van der Waals surface area contributed by atoms with Crippen molar-refractivity contribution in [2.45, 2.75) is 141 Å². The van der Waals surface area contributed by atoms with E-state index in [0.717, 1.165) is 24.8 Å². The second kappa shape index (κ2) is 11.4. The Labute approximate surface area is 278 Å². The minimum Gasteiger partial charge on any atom is -0.432 e. The SMILES string of the molecule is C[C@@H]1CC[C@]2(C(=O)O[C@@H]3O[C@H](CO)[C@@H](O)[C@H](O)[C@H]3O)[C@H](O)C[C@]3(C)C(=CC[C@@H]4[C@@]5(C)CC[C@@H](O)[C@](C)(CO)C5CC[C@]43C)[C@@H]2[C@]1(C)O. The van der Waals surface area contributed by atoms with Crippen LogP contribution < -0.4 is 0 Å². The van der Waals surface area contributed by atoms with Crippen LogP contribution in [-0.4, -0.2) is 109 Å². The average molecular weight is 667 g/mol. The lowest BCUT2D eigenvalue weighted by atomic mass is 9.32. The molecule has 11 nitrogen and oxygen atoms in total. The molecule has 5 aliphatic carbocycles.